The van der Waals surface area contributed by atoms with Crippen LogP contribution in [0, 0.1) is 0 Å². The van der Waals surface area contributed by atoms with E-state index in [4.69, 9.17) is 4.43 Å². The van der Waals surface area contributed by atoms with Crippen LogP contribution in [-0.2, 0) is 4.43 Å². The van der Waals surface area contributed by atoms with E-state index < -0.39 is 56.9 Å². The van der Waals surface area contributed by atoms with E-state index in [1.807, 2.05) is 0 Å². The quantitative estimate of drug-likeness (QED) is 0.294. The molecule has 0 saturated heterocycles. The van der Waals surface area contributed by atoms with Crippen LogP contribution in [0.25, 0.3) is 0 Å². The van der Waals surface area contributed by atoms with E-state index in [1.165, 1.54) is 13.1 Å². The molecule has 0 rings (SSSR count). The largest absolute Gasteiger partial charge is 0.460 e. The average Bonchev–Trinajstić information content (AvgIpc) is 2.44. The first-order valence-corrected chi connectivity index (χ1v) is 10.1. The Bertz CT molecular complexity index is 512. The summed E-state index contributed by atoms with van der Waals surface area (Å²) in [4.78, 5) is 0. The molecule has 0 N–H and O–H groups in total. The molecule has 0 aromatic heterocycles. The average molecular weight is 450 g/mol. The fraction of sp³-hybridized carbons (Fsp3) is 1.00. The van der Waals surface area contributed by atoms with Gasteiger partial charge in [-0.1, -0.05) is 0 Å². The van der Waals surface area contributed by atoms with Crippen LogP contribution in [0.2, 0.25) is 19.1 Å². The SMILES string of the molecule is CO[Si](C)(C)CCCC(F)(F)C(F)(F)C(F)(F)C(F)(F)C(F)(F)C(F)(F)F. The third-order valence-electron chi connectivity index (χ3n) is 3.82. The molecule has 0 aromatic carbocycles. The smallest absolute Gasteiger partial charge is 0.420 e. The molecule has 164 valence electrons. The van der Waals surface area contributed by atoms with Crippen molar-refractivity contribution in [2.45, 2.75) is 67.8 Å². The first kappa shape index (κ1) is 26.3. The van der Waals surface area contributed by atoms with Gasteiger partial charge < -0.3 is 4.43 Å². The second-order valence-electron chi connectivity index (χ2n) is 6.32. The summed E-state index contributed by atoms with van der Waals surface area (Å²) < 4.78 is 172. The van der Waals surface area contributed by atoms with E-state index in [0.717, 1.165) is 7.11 Å². The third kappa shape index (κ3) is 4.48. The molecule has 0 aliphatic carbocycles. The number of hydrogen-bond acceptors (Lipinski definition) is 1. The van der Waals surface area contributed by atoms with Gasteiger partial charge >= 0.3 is 35.8 Å². The van der Waals surface area contributed by atoms with Gasteiger partial charge in [-0.15, -0.1) is 0 Å². The van der Waals surface area contributed by atoms with Crippen molar-refractivity contribution in [1.82, 2.24) is 0 Å². The maximum Gasteiger partial charge on any atom is 0.460 e. The lowest BCUT2D eigenvalue weighted by Gasteiger charge is -2.39. The Kier molecular flexibility index (Phi) is 7.06. The normalized spacial score (nSPS) is 16.0. The van der Waals surface area contributed by atoms with Gasteiger partial charge in [0.25, 0.3) is 0 Å². The van der Waals surface area contributed by atoms with E-state index in [1.54, 1.807) is 0 Å². The highest BCUT2D eigenvalue weighted by molar-refractivity contribution is 6.71. The van der Waals surface area contributed by atoms with Gasteiger partial charge in [0.15, 0.2) is 8.32 Å². The maximum absolute atomic E-state index is 13.5. The molecule has 0 heterocycles. The van der Waals surface area contributed by atoms with Crippen molar-refractivity contribution in [1.29, 1.82) is 0 Å². The van der Waals surface area contributed by atoms with Gasteiger partial charge in [-0.2, -0.15) is 57.1 Å². The molecule has 0 spiro atoms. The van der Waals surface area contributed by atoms with E-state index in [-0.39, 0.29) is 6.04 Å². The van der Waals surface area contributed by atoms with Crippen molar-refractivity contribution >= 4 is 8.32 Å². The van der Waals surface area contributed by atoms with Crippen molar-refractivity contribution in [3.63, 3.8) is 0 Å². The lowest BCUT2D eigenvalue weighted by Crippen LogP contribution is -2.70. The molecule has 0 amide bonds. The Balaban J connectivity index is 5.81. The molecule has 0 fully saturated rings. The van der Waals surface area contributed by atoms with Crippen molar-refractivity contribution in [3.05, 3.63) is 0 Å². The summed E-state index contributed by atoms with van der Waals surface area (Å²) in [5.41, 5.74) is 0. The van der Waals surface area contributed by atoms with Crippen LogP contribution >= 0.6 is 0 Å². The van der Waals surface area contributed by atoms with Gasteiger partial charge in [-0.3, -0.25) is 0 Å². The second-order valence-corrected chi connectivity index (χ2v) is 10.7. The van der Waals surface area contributed by atoms with E-state index in [2.05, 4.69) is 0 Å². The van der Waals surface area contributed by atoms with Crippen LogP contribution in [0.5, 0.6) is 0 Å². The Morgan fingerprint density at radius 3 is 1.33 bits per heavy atom. The summed E-state index contributed by atoms with van der Waals surface area (Å²) in [5, 5.41) is 0. The zero-order chi connectivity index (χ0) is 22.3. The molecule has 15 heteroatoms. The molecule has 27 heavy (non-hydrogen) atoms. The maximum atomic E-state index is 13.5. The Morgan fingerprint density at radius 2 is 1.00 bits per heavy atom. The Labute approximate surface area is 146 Å². The summed E-state index contributed by atoms with van der Waals surface area (Å²) in [6.45, 7) is 2.83. The summed E-state index contributed by atoms with van der Waals surface area (Å²) in [5.74, 6) is -36.4. The van der Waals surface area contributed by atoms with Crippen molar-refractivity contribution in [3.8, 4) is 0 Å². The molecule has 0 saturated carbocycles. The number of rotatable bonds is 9. The molecule has 0 aliphatic heterocycles. The molecule has 1 nitrogen and oxygen atoms in total. The van der Waals surface area contributed by atoms with Crippen LogP contribution in [-0.4, -0.2) is 51.2 Å². The van der Waals surface area contributed by atoms with E-state index in [0.29, 0.717) is 0 Å². The molecular weight excluding hydrogens is 435 g/mol. The van der Waals surface area contributed by atoms with Gasteiger partial charge in [0.1, 0.15) is 0 Å². The number of halogens is 13. The standard InChI is InChI=1S/C12H15F13OSi/c1-26-27(2,3)6-4-5-7(13,14)8(15,16)9(17,18)10(19,20)11(21,22)12(23,24)25/h4-6H2,1-3H3. The van der Waals surface area contributed by atoms with Crippen molar-refractivity contribution in [2.75, 3.05) is 7.11 Å². The number of alkyl halides is 13. The van der Waals surface area contributed by atoms with Crippen LogP contribution in [0.4, 0.5) is 57.1 Å². The second kappa shape index (κ2) is 7.26. The zero-order valence-electron chi connectivity index (χ0n) is 13.9. The highest BCUT2D eigenvalue weighted by atomic mass is 28.4. The summed E-state index contributed by atoms with van der Waals surface area (Å²) in [6.07, 6.45) is -10.5. The molecule has 0 unspecified atom stereocenters. The van der Waals surface area contributed by atoms with Gasteiger partial charge in [0.2, 0.25) is 0 Å². The third-order valence-corrected chi connectivity index (χ3v) is 6.48. The predicted octanol–water partition coefficient (Wildman–Crippen LogP) is 6.36. The summed E-state index contributed by atoms with van der Waals surface area (Å²) in [7, 11) is -1.51. The minimum Gasteiger partial charge on any atom is -0.420 e. The minimum absolute atomic E-state index is 0.324. The first-order valence-electron chi connectivity index (χ1n) is 7.03. The lowest BCUT2D eigenvalue weighted by molar-refractivity contribution is -0.440. The van der Waals surface area contributed by atoms with Gasteiger partial charge in [-0.05, 0) is 25.6 Å². The van der Waals surface area contributed by atoms with Crippen LogP contribution in [0.3, 0.4) is 0 Å². The summed E-state index contributed by atoms with van der Waals surface area (Å²) in [6, 6.07) is -0.324. The van der Waals surface area contributed by atoms with Gasteiger partial charge in [-0.25, -0.2) is 0 Å². The topological polar surface area (TPSA) is 9.23 Å². The fourth-order valence-corrected chi connectivity index (χ4v) is 3.03. The predicted molar refractivity (Wildman–Crippen MR) is 69.3 cm³/mol. The van der Waals surface area contributed by atoms with Gasteiger partial charge in [0.05, 0.1) is 0 Å². The molecule has 0 aliphatic rings. The van der Waals surface area contributed by atoms with E-state index in [9.17, 15) is 57.1 Å². The monoisotopic (exact) mass is 450 g/mol. The molecule has 0 radical (unpaired) electrons. The van der Waals surface area contributed by atoms with E-state index >= 15 is 0 Å². The highest BCUT2D eigenvalue weighted by Crippen LogP contribution is 2.60. The van der Waals surface area contributed by atoms with Crippen LogP contribution in [0.1, 0.15) is 12.8 Å². The zero-order valence-corrected chi connectivity index (χ0v) is 14.9. The van der Waals surface area contributed by atoms with Crippen LogP contribution in [0.15, 0.2) is 0 Å². The Morgan fingerprint density at radius 1 is 0.630 bits per heavy atom. The Hall–Kier alpha value is -0.733. The first-order chi connectivity index (χ1) is 11.5. The fourth-order valence-electron chi connectivity index (χ4n) is 1.80. The number of hydrogen-bond donors (Lipinski definition) is 0. The van der Waals surface area contributed by atoms with Crippen molar-refractivity contribution < 1.29 is 61.5 Å². The highest BCUT2D eigenvalue weighted by Gasteiger charge is 2.90. The van der Waals surface area contributed by atoms with Crippen LogP contribution < -0.4 is 0 Å². The minimum atomic E-state index is -7.84. The molecule has 0 bridgehead atoms. The lowest BCUT2D eigenvalue weighted by atomic mass is 9.92. The van der Waals surface area contributed by atoms with Gasteiger partial charge in [0, 0.05) is 13.5 Å². The molecular formula is C12H15F13OSi. The summed E-state index contributed by atoms with van der Waals surface area (Å²) >= 11 is 0. The molecule has 0 aromatic rings. The molecule has 0 atom stereocenters. The van der Waals surface area contributed by atoms with Crippen molar-refractivity contribution in [2.24, 2.45) is 0 Å².